The second-order valence-electron chi connectivity index (χ2n) is 5.97. The number of sulfonamides is 1. The molecule has 0 spiro atoms. The molecule has 1 aromatic carbocycles. The first-order valence-corrected chi connectivity index (χ1v) is 11.3. The Bertz CT molecular complexity index is 1020. The molecule has 2 heterocycles. The summed E-state index contributed by atoms with van der Waals surface area (Å²) in [7, 11) is -2.57. The van der Waals surface area contributed by atoms with Gasteiger partial charge in [-0.15, -0.1) is 11.3 Å². The minimum atomic E-state index is -3.79. The molecule has 0 radical (unpaired) electrons. The summed E-state index contributed by atoms with van der Waals surface area (Å²) in [5, 5.41) is 1.43. The van der Waals surface area contributed by atoms with Crippen LogP contribution in [0.1, 0.15) is 20.7 Å². The predicted molar refractivity (Wildman–Crippen MR) is 104 cm³/mol. The number of carbonyl (C=O) groups excluding carboxylic acids is 2. The van der Waals surface area contributed by atoms with Crippen LogP contribution in [0, 0.1) is 5.82 Å². The van der Waals surface area contributed by atoms with E-state index in [0.717, 1.165) is 11.3 Å². The van der Waals surface area contributed by atoms with E-state index >= 15 is 0 Å². The van der Waals surface area contributed by atoms with E-state index in [2.05, 4.69) is 20.7 Å². The molecule has 0 aliphatic carbocycles. The molecule has 1 aliphatic rings. The van der Waals surface area contributed by atoms with Crippen molar-refractivity contribution in [3.8, 4) is 0 Å². The molecule has 0 saturated carbocycles. The van der Waals surface area contributed by atoms with Gasteiger partial charge in [-0.25, -0.2) is 17.6 Å². The zero-order valence-corrected chi connectivity index (χ0v) is 17.9. The Hall–Kier alpha value is -1.82. The third-order valence-corrected chi connectivity index (χ3v) is 8.08. The summed E-state index contributed by atoms with van der Waals surface area (Å²) in [4.78, 5) is 25.5. The lowest BCUT2D eigenvalue weighted by atomic mass is 10.1. The van der Waals surface area contributed by atoms with E-state index < -0.39 is 27.7 Å². The fraction of sp³-hybridized carbons (Fsp3) is 0.294. The van der Waals surface area contributed by atoms with Crippen molar-refractivity contribution in [1.29, 1.82) is 0 Å². The molecule has 28 heavy (non-hydrogen) atoms. The summed E-state index contributed by atoms with van der Waals surface area (Å²) in [5.74, 6) is -1.72. The highest BCUT2D eigenvalue weighted by Gasteiger charge is 2.32. The van der Waals surface area contributed by atoms with Gasteiger partial charge in [0, 0.05) is 36.0 Å². The molecule has 1 amide bonds. The molecule has 3 rings (SSSR count). The lowest BCUT2D eigenvalue weighted by Crippen LogP contribution is -2.50. The van der Waals surface area contributed by atoms with Crippen LogP contribution >= 0.6 is 27.3 Å². The highest BCUT2D eigenvalue weighted by molar-refractivity contribution is 9.10. The van der Waals surface area contributed by atoms with Crippen LogP contribution in [-0.4, -0.2) is 62.8 Å². The van der Waals surface area contributed by atoms with Crippen molar-refractivity contribution in [3.63, 3.8) is 0 Å². The number of hydrogen-bond donors (Lipinski definition) is 0. The van der Waals surface area contributed by atoms with Gasteiger partial charge in [0.05, 0.1) is 18.2 Å². The van der Waals surface area contributed by atoms with Crippen LogP contribution in [0.4, 0.5) is 4.39 Å². The smallest absolute Gasteiger partial charge is 0.338 e. The molecule has 1 aliphatic heterocycles. The van der Waals surface area contributed by atoms with Crippen molar-refractivity contribution in [3.05, 3.63) is 51.1 Å². The zero-order chi connectivity index (χ0) is 20.5. The van der Waals surface area contributed by atoms with Gasteiger partial charge >= 0.3 is 5.97 Å². The highest BCUT2D eigenvalue weighted by Crippen LogP contribution is 2.26. The third kappa shape index (κ3) is 4.12. The summed E-state index contributed by atoms with van der Waals surface area (Å²) in [6, 6.07) is 5.38. The number of piperazine rings is 1. The molecule has 150 valence electrons. The van der Waals surface area contributed by atoms with Crippen LogP contribution in [0.3, 0.4) is 0 Å². The Morgan fingerprint density at radius 3 is 2.50 bits per heavy atom. The Kier molecular flexibility index (Phi) is 6.18. The van der Waals surface area contributed by atoms with E-state index in [9.17, 15) is 22.4 Å². The summed E-state index contributed by atoms with van der Waals surface area (Å²) >= 11 is 4.15. The van der Waals surface area contributed by atoms with Gasteiger partial charge in [-0.3, -0.25) is 4.79 Å². The number of benzene rings is 1. The van der Waals surface area contributed by atoms with Crippen LogP contribution in [-0.2, 0) is 14.8 Å². The number of thiophene rings is 1. The fourth-order valence-corrected chi connectivity index (χ4v) is 5.85. The van der Waals surface area contributed by atoms with E-state index in [1.54, 1.807) is 0 Å². The standard InChI is InChI=1S/C17H16BrFN2O5S2/c1-26-17(23)11-8-15(27-10-11)28(24,25)21-6-4-20(5-7-21)16(22)13-9-12(18)2-3-14(13)19/h2-3,8-10H,4-7H2,1H3. The summed E-state index contributed by atoms with van der Waals surface area (Å²) in [6.45, 7) is 0.433. The topological polar surface area (TPSA) is 84.0 Å². The average Bonchev–Trinajstić information content (AvgIpc) is 3.20. The molecule has 1 saturated heterocycles. The van der Waals surface area contributed by atoms with Crippen molar-refractivity contribution in [2.24, 2.45) is 0 Å². The molecule has 2 aromatic rings. The molecule has 11 heteroatoms. The number of esters is 1. The Labute approximate surface area is 173 Å². The number of rotatable bonds is 4. The summed E-state index contributed by atoms with van der Waals surface area (Å²) < 4.78 is 45.9. The van der Waals surface area contributed by atoms with E-state index in [1.807, 2.05) is 0 Å². The lowest BCUT2D eigenvalue weighted by Gasteiger charge is -2.33. The van der Waals surface area contributed by atoms with Gasteiger partial charge in [-0.1, -0.05) is 15.9 Å². The van der Waals surface area contributed by atoms with Gasteiger partial charge in [0.25, 0.3) is 15.9 Å². The van der Waals surface area contributed by atoms with E-state index in [4.69, 9.17) is 0 Å². The summed E-state index contributed by atoms with van der Waals surface area (Å²) in [6.07, 6.45) is 0. The largest absolute Gasteiger partial charge is 0.465 e. The maximum absolute atomic E-state index is 13.9. The van der Waals surface area contributed by atoms with Crippen molar-refractivity contribution in [2.45, 2.75) is 4.21 Å². The minimum Gasteiger partial charge on any atom is -0.465 e. The molecular formula is C17H16BrFN2O5S2. The normalized spacial score (nSPS) is 15.5. The molecular weight excluding hydrogens is 475 g/mol. The quantitative estimate of drug-likeness (QED) is 0.615. The second-order valence-corrected chi connectivity index (χ2v) is 9.96. The Balaban J connectivity index is 1.70. The molecule has 7 nitrogen and oxygen atoms in total. The number of methoxy groups -OCH3 is 1. The van der Waals surface area contributed by atoms with Crippen LogP contribution in [0.25, 0.3) is 0 Å². The highest BCUT2D eigenvalue weighted by atomic mass is 79.9. The lowest BCUT2D eigenvalue weighted by molar-refractivity contribution is 0.0600. The number of amides is 1. The second kappa shape index (κ2) is 8.27. The molecule has 1 fully saturated rings. The van der Waals surface area contributed by atoms with Gasteiger partial charge in [0.15, 0.2) is 0 Å². The van der Waals surface area contributed by atoms with Gasteiger partial charge in [0.2, 0.25) is 0 Å². The van der Waals surface area contributed by atoms with E-state index in [-0.39, 0.29) is 41.5 Å². The zero-order valence-electron chi connectivity index (χ0n) is 14.7. The minimum absolute atomic E-state index is 0.0331. The van der Waals surface area contributed by atoms with Crippen LogP contribution in [0.5, 0.6) is 0 Å². The maximum Gasteiger partial charge on any atom is 0.338 e. The molecule has 0 N–H and O–H groups in total. The van der Waals surface area contributed by atoms with E-state index in [1.165, 1.54) is 46.0 Å². The van der Waals surface area contributed by atoms with Gasteiger partial charge in [-0.05, 0) is 24.3 Å². The summed E-state index contributed by atoms with van der Waals surface area (Å²) in [5.41, 5.74) is 0.108. The van der Waals surface area contributed by atoms with Crippen molar-refractivity contribution < 1.29 is 27.1 Å². The number of nitrogens with zero attached hydrogens (tertiary/aromatic N) is 2. The first-order chi connectivity index (χ1) is 13.2. The third-order valence-electron chi connectivity index (χ3n) is 4.28. The monoisotopic (exact) mass is 490 g/mol. The Morgan fingerprint density at radius 1 is 1.18 bits per heavy atom. The fourth-order valence-electron chi connectivity index (χ4n) is 2.77. The predicted octanol–water partition coefficient (Wildman–Crippen LogP) is 2.58. The van der Waals surface area contributed by atoms with Crippen LogP contribution in [0.15, 0.2) is 38.3 Å². The number of hydrogen-bond acceptors (Lipinski definition) is 6. The van der Waals surface area contributed by atoms with Gasteiger partial charge in [0.1, 0.15) is 10.0 Å². The van der Waals surface area contributed by atoms with Crippen LogP contribution in [0.2, 0.25) is 0 Å². The van der Waals surface area contributed by atoms with Gasteiger partial charge < -0.3 is 9.64 Å². The first kappa shape index (κ1) is 20.9. The number of carbonyl (C=O) groups is 2. The number of ether oxygens (including phenoxy) is 1. The van der Waals surface area contributed by atoms with Crippen molar-refractivity contribution in [1.82, 2.24) is 9.21 Å². The Morgan fingerprint density at radius 2 is 1.86 bits per heavy atom. The SMILES string of the molecule is COC(=O)c1csc(S(=O)(=O)N2CCN(C(=O)c3cc(Br)ccc3F)CC2)c1. The van der Waals surface area contributed by atoms with Crippen molar-refractivity contribution >= 4 is 49.2 Å². The van der Waals surface area contributed by atoms with Gasteiger partial charge in [-0.2, -0.15) is 4.31 Å². The first-order valence-electron chi connectivity index (χ1n) is 8.15. The molecule has 0 unspecified atom stereocenters. The van der Waals surface area contributed by atoms with E-state index in [0.29, 0.717) is 4.47 Å². The maximum atomic E-state index is 13.9. The van der Waals surface area contributed by atoms with Crippen LogP contribution < -0.4 is 0 Å². The molecule has 0 bridgehead atoms. The average molecular weight is 491 g/mol. The molecule has 0 atom stereocenters. The van der Waals surface area contributed by atoms with Crippen molar-refractivity contribution in [2.75, 3.05) is 33.3 Å². The number of halogens is 2. The molecule has 1 aromatic heterocycles.